The molecule has 1 heterocycles. The third kappa shape index (κ3) is 5.67. The van der Waals surface area contributed by atoms with Crippen molar-refractivity contribution in [3.05, 3.63) is 59.1 Å². The molecule has 26 heavy (non-hydrogen) atoms. The number of phenols is 1. The van der Waals surface area contributed by atoms with E-state index in [1.807, 2.05) is 36.4 Å². The number of nitrogens with two attached hydrogens (primary N) is 1. The molecule has 2 aromatic carbocycles. The summed E-state index contributed by atoms with van der Waals surface area (Å²) in [6, 6.07) is 15.2. The molecule has 1 saturated heterocycles. The Labute approximate surface area is 176 Å². The molecule has 0 aliphatic carbocycles. The summed E-state index contributed by atoms with van der Waals surface area (Å²) in [5, 5.41) is 10.2. The Morgan fingerprint density at radius 2 is 1.77 bits per heavy atom. The van der Waals surface area contributed by atoms with Gasteiger partial charge in [0.15, 0.2) is 5.96 Å². The van der Waals surface area contributed by atoms with E-state index in [1.54, 1.807) is 12.1 Å². The van der Waals surface area contributed by atoms with Crippen molar-refractivity contribution in [3.8, 4) is 5.75 Å². The second-order valence-corrected chi connectivity index (χ2v) is 6.55. The van der Waals surface area contributed by atoms with E-state index in [-0.39, 0.29) is 29.7 Å². The minimum absolute atomic E-state index is 0. The Bertz CT molecular complexity index is 731. The molecule has 1 fully saturated rings. The zero-order valence-corrected chi connectivity index (χ0v) is 17.6. The lowest BCUT2D eigenvalue weighted by Crippen LogP contribution is -2.51. The predicted octanol–water partition coefficient (Wildman–Crippen LogP) is 3.34. The van der Waals surface area contributed by atoms with Crippen LogP contribution >= 0.6 is 35.6 Å². The summed E-state index contributed by atoms with van der Waals surface area (Å²) in [6.45, 7) is 4.13. The molecular weight excluding hydrogens is 463 g/mol. The third-order valence-electron chi connectivity index (χ3n) is 4.38. The van der Waals surface area contributed by atoms with Gasteiger partial charge in [-0.15, -0.1) is 24.0 Å². The maximum Gasteiger partial charge on any atom is 0.191 e. The van der Waals surface area contributed by atoms with Gasteiger partial charge in [-0.2, -0.15) is 0 Å². The summed E-state index contributed by atoms with van der Waals surface area (Å²) in [7, 11) is 0. The van der Waals surface area contributed by atoms with Crippen LogP contribution in [0.1, 0.15) is 5.56 Å². The van der Waals surface area contributed by atoms with Crippen molar-refractivity contribution in [1.29, 1.82) is 0 Å². The number of aromatic hydroxyl groups is 1. The summed E-state index contributed by atoms with van der Waals surface area (Å²) < 4.78 is 0. The van der Waals surface area contributed by atoms with E-state index in [0.29, 0.717) is 12.5 Å². The molecule has 0 saturated carbocycles. The largest absolute Gasteiger partial charge is 0.508 e. The van der Waals surface area contributed by atoms with Crippen LogP contribution in [0.25, 0.3) is 0 Å². The highest BCUT2D eigenvalue weighted by atomic mass is 127. The summed E-state index contributed by atoms with van der Waals surface area (Å²) >= 11 is 5.94. The maximum atomic E-state index is 9.48. The molecule has 1 aliphatic heterocycles. The van der Waals surface area contributed by atoms with Gasteiger partial charge in [-0.3, -0.25) is 4.99 Å². The van der Waals surface area contributed by atoms with E-state index in [4.69, 9.17) is 17.3 Å². The van der Waals surface area contributed by atoms with Gasteiger partial charge in [-0.25, -0.2) is 0 Å². The minimum atomic E-state index is 0. The second-order valence-electron chi connectivity index (χ2n) is 6.11. The fourth-order valence-electron chi connectivity index (χ4n) is 2.96. The summed E-state index contributed by atoms with van der Waals surface area (Å²) in [6.07, 6.45) is 0.764. The highest BCUT2D eigenvalue weighted by Gasteiger charge is 2.18. The van der Waals surface area contributed by atoms with Crippen LogP contribution in [0.3, 0.4) is 0 Å². The number of halogens is 2. The number of benzene rings is 2. The number of phenolic OH excluding ortho intramolecular Hbond substituents is 1. The maximum absolute atomic E-state index is 9.48. The molecule has 0 radical (unpaired) electrons. The molecule has 0 aromatic heterocycles. The number of guanidine groups is 1. The highest BCUT2D eigenvalue weighted by Crippen LogP contribution is 2.19. The number of piperazine rings is 1. The Morgan fingerprint density at radius 3 is 2.42 bits per heavy atom. The molecule has 1 aliphatic rings. The van der Waals surface area contributed by atoms with Crippen molar-refractivity contribution < 1.29 is 5.11 Å². The quantitative estimate of drug-likeness (QED) is 0.395. The molecular formula is C19H24ClIN4O. The Hall–Kier alpha value is -1.67. The van der Waals surface area contributed by atoms with Gasteiger partial charge >= 0.3 is 0 Å². The van der Waals surface area contributed by atoms with Gasteiger partial charge in [0.1, 0.15) is 5.75 Å². The van der Waals surface area contributed by atoms with Crippen LogP contribution in [0.2, 0.25) is 5.02 Å². The normalized spacial score (nSPS) is 14.9. The van der Waals surface area contributed by atoms with Crippen LogP contribution < -0.4 is 10.6 Å². The number of anilines is 1. The van der Waals surface area contributed by atoms with Crippen molar-refractivity contribution in [2.24, 2.45) is 10.7 Å². The van der Waals surface area contributed by atoms with Crippen LogP contribution in [0.5, 0.6) is 5.75 Å². The molecule has 0 bridgehead atoms. The standard InChI is InChI=1S/C19H23ClN4O.HI/c20-16-4-6-17(7-5-16)23-10-12-24(13-11-23)19(21)22-9-8-15-2-1-3-18(25)14-15;/h1-7,14,25H,8-13H2,(H2,21,22);1H. The lowest BCUT2D eigenvalue weighted by Gasteiger charge is -2.36. The first-order chi connectivity index (χ1) is 12.1. The molecule has 3 N–H and O–H groups in total. The van der Waals surface area contributed by atoms with Crippen molar-refractivity contribution in [1.82, 2.24) is 4.90 Å². The molecule has 140 valence electrons. The topological polar surface area (TPSA) is 65.1 Å². The molecule has 7 heteroatoms. The van der Waals surface area contributed by atoms with Crippen LogP contribution in [-0.4, -0.2) is 48.7 Å². The monoisotopic (exact) mass is 486 g/mol. The smallest absolute Gasteiger partial charge is 0.191 e. The number of hydrogen-bond donors (Lipinski definition) is 2. The van der Waals surface area contributed by atoms with Gasteiger partial charge in [-0.1, -0.05) is 23.7 Å². The second kappa shape index (κ2) is 9.87. The average Bonchev–Trinajstić information content (AvgIpc) is 2.62. The minimum Gasteiger partial charge on any atom is -0.508 e. The number of nitrogens with zero attached hydrogens (tertiary/aromatic N) is 3. The lowest BCUT2D eigenvalue weighted by molar-refractivity contribution is 0.381. The van der Waals surface area contributed by atoms with Gasteiger partial charge in [0.25, 0.3) is 0 Å². The molecule has 2 aromatic rings. The molecule has 0 spiro atoms. The van der Waals surface area contributed by atoms with Crippen LogP contribution in [0.4, 0.5) is 5.69 Å². The van der Waals surface area contributed by atoms with Gasteiger partial charge in [-0.05, 0) is 48.4 Å². The van der Waals surface area contributed by atoms with Crippen LogP contribution in [0.15, 0.2) is 53.5 Å². The van der Waals surface area contributed by atoms with Gasteiger partial charge in [0.2, 0.25) is 0 Å². The summed E-state index contributed by atoms with van der Waals surface area (Å²) in [5.74, 6) is 0.878. The van der Waals surface area contributed by atoms with Crippen molar-refractivity contribution in [3.63, 3.8) is 0 Å². The molecule has 0 amide bonds. The Kier molecular flexibility index (Phi) is 7.84. The van der Waals surface area contributed by atoms with Crippen molar-refractivity contribution >= 4 is 47.2 Å². The number of rotatable bonds is 4. The van der Waals surface area contributed by atoms with Gasteiger partial charge < -0.3 is 20.6 Å². The highest BCUT2D eigenvalue weighted by molar-refractivity contribution is 14.0. The van der Waals surface area contributed by atoms with Crippen LogP contribution in [0, 0.1) is 0 Å². The summed E-state index contributed by atoms with van der Waals surface area (Å²) in [4.78, 5) is 8.93. The molecule has 5 nitrogen and oxygen atoms in total. The first kappa shape index (κ1) is 20.6. The first-order valence-electron chi connectivity index (χ1n) is 8.45. The molecule has 0 unspecified atom stereocenters. The van der Waals surface area contributed by atoms with Gasteiger partial charge in [0, 0.05) is 43.4 Å². The Balaban J connectivity index is 0.00000243. The number of aliphatic imine (C=N–C) groups is 1. The predicted molar refractivity (Wildman–Crippen MR) is 119 cm³/mol. The first-order valence-corrected chi connectivity index (χ1v) is 8.83. The zero-order chi connectivity index (χ0) is 17.6. The SMILES string of the molecule is I.NC(=NCCc1cccc(O)c1)N1CCN(c2ccc(Cl)cc2)CC1. The zero-order valence-electron chi connectivity index (χ0n) is 14.5. The third-order valence-corrected chi connectivity index (χ3v) is 4.63. The average molecular weight is 487 g/mol. The summed E-state index contributed by atoms with van der Waals surface area (Å²) in [5.41, 5.74) is 8.38. The van der Waals surface area contributed by atoms with E-state index in [1.165, 1.54) is 5.69 Å². The van der Waals surface area contributed by atoms with Crippen molar-refractivity contribution in [2.75, 3.05) is 37.6 Å². The fraction of sp³-hybridized carbons (Fsp3) is 0.316. The van der Waals surface area contributed by atoms with E-state index in [9.17, 15) is 5.11 Å². The van der Waals surface area contributed by atoms with Gasteiger partial charge in [0.05, 0.1) is 0 Å². The van der Waals surface area contributed by atoms with E-state index < -0.39 is 0 Å². The molecule has 0 atom stereocenters. The number of hydrogen-bond acceptors (Lipinski definition) is 3. The Morgan fingerprint density at radius 1 is 1.08 bits per heavy atom. The fourth-order valence-corrected chi connectivity index (χ4v) is 3.08. The lowest BCUT2D eigenvalue weighted by atomic mass is 10.1. The van der Waals surface area contributed by atoms with Crippen LogP contribution in [-0.2, 0) is 6.42 Å². The molecule has 3 rings (SSSR count). The van der Waals surface area contributed by atoms with E-state index in [2.05, 4.69) is 14.8 Å². The van der Waals surface area contributed by atoms with E-state index >= 15 is 0 Å². The van der Waals surface area contributed by atoms with Crippen molar-refractivity contribution in [2.45, 2.75) is 6.42 Å². The van der Waals surface area contributed by atoms with E-state index in [0.717, 1.165) is 43.2 Å².